The molecular weight excluding hydrogens is 654 g/mol. The number of hydrogen-bond donors (Lipinski definition) is 3. The lowest BCUT2D eigenvalue weighted by molar-refractivity contribution is -0.130. The Morgan fingerprint density at radius 1 is 0.809 bits per heavy atom. The van der Waals surface area contributed by atoms with Crippen LogP contribution in [0.15, 0.2) is 143 Å². The van der Waals surface area contributed by atoms with Gasteiger partial charge in [0.15, 0.2) is 11.6 Å². The Kier molecular flexibility index (Phi) is 10.4. The van der Waals surface area contributed by atoms with E-state index in [9.17, 15) is 4.79 Å². The van der Waals surface area contributed by atoms with Crippen LogP contribution in [0.3, 0.4) is 0 Å². The number of aliphatic hydroxyl groups excluding tert-OH is 1. The van der Waals surface area contributed by atoms with Crippen molar-refractivity contribution in [2.24, 2.45) is 4.99 Å². The van der Waals surface area contributed by atoms with Crippen molar-refractivity contribution in [3.8, 4) is 16.9 Å². The van der Waals surface area contributed by atoms with Crippen molar-refractivity contribution in [2.75, 3.05) is 13.2 Å². The molecule has 5 aromatic rings. The zero-order valence-electron chi connectivity index (χ0n) is 25.8. The Bertz CT molecular complexity index is 1800. The monoisotopic (exact) mass is 689 g/mol. The molecule has 1 aliphatic rings. The van der Waals surface area contributed by atoms with Gasteiger partial charge in [-0.15, -0.1) is 0 Å². The zero-order chi connectivity index (χ0) is 32.5. The number of halogens is 1. The van der Waals surface area contributed by atoms with Crippen LogP contribution in [0.4, 0.5) is 0 Å². The van der Waals surface area contributed by atoms with Crippen molar-refractivity contribution >= 4 is 27.7 Å². The van der Waals surface area contributed by atoms with Crippen molar-refractivity contribution in [2.45, 2.75) is 31.0 Å². The van der Waals surface area contributed by atoms with Crippen LogP contribution in [0.25, 0.3) is 11.1 Å². The molecule has 0 unspecified atom stereocenters. The molecule has 0 fully saturated rings. The minimum Gasteiger partial charge on any atom is -0.494 e. The second kappa shape index (κ2) is 15.2. The summed E-state index contributed by atoms with van der Waals surface area (Å²) in [5.74, 6) is 0.741. The Balaban J connectivity index is 1.38. The third kappa shape index (κ3) is 7.63. The minimum atomic E-state index is -1.35. The third-order valence-electron chi connectivity index (χ3n) is 8.11. The SMILES string of the molecule is O=C(NNCc1ccccc1)[C@@]1(Cc2ccccc2Br)N=C(c2ccc(OCCCO)cc2)O[C@H]1c1ccc(-c2ccccc2)cc1. The molecule has 8 heteroatoms. The fraction of sp³-hybridized carbons (Fsp3) is 0.179. The molecule has 0 bridgehead atoms. The summed E-state index contributed by atoms with van der Waals surface area (Å²) in [6.45, 7) is 0.932. The van der Waals surface area contributed by atoms with E-state index in [2.05, 4.69) is 51.0 Å². The van der Waals surface area contributed by atoms with Gasteiger partial charge in [0.25, 0.3) is 5.91 Å². The smallest absolute Gasteiger partial charge is 0.266 e. The van der Waals surface area contributed by atoms with Gasteiger partial charge in [0.05, 0.1) is 6.61 Å². The van der Waals surface area contributed by atoms with Crippen LogP contribution in [0, 0.1) is 0 Å². The van der Waals surface area contributed by atoms with Gasteiger partial charge in [0, 0.05) is 36.0 Å². The van der Waals surface area contributed by atoms with Gasteiger partial charge in [-0.05, 0) is 58.1 Å². The van der Waals surface area contributed by atoms with E-state index in [1.54, 1.807) is 0 Å². The Morgan fingerprint density at radius 2 is 1.45 bits per heavy atom. The molecular formula is C39H36BrN3O4. The summed E-state index contributed by atoms with van der Waals surface area (Å²) in [5.41, 5.74) is 10.4. The molecule has 2 atom stereocenters. The maximum atomic E-state index is 14.5. The molecule has 1 heterocycles. The predicted molar refractivity (Wildman–Crippen MR) is 188 cm³/mol. The van der Waals surface area contributed by atoms with E-state index >= 15 is 0 Å². The molecule has 0 spiro atoms. The first kappa shape index (κ1) is 32.2. The number of ether oxygens (including phenoxy) is 2. The quantitative estimate of drug-likeness (QED) is 0.0899. The van der Waals surface area contributed by atoms with Crippen LogP contribution in [0.1, 0.15) is 34.8 Å². The van der Waals surface area contributed by atoms with Crippen LogP contribution in [0.2, 0.25) is 0 Å². The summed E-state index contributed by atoms with van der Waals surface area (Å²) < 4.78 is 13.3. The van der Waals surface area contributed by atoms with Crippen LogP contribution in [0.5, 0.6) is 5.75 Å². The number of hydrazine groups is 1. The van der Waals surface area contributed by atoms with Gasteiger partial charge in [-0.2, -0.15) is 0 Å². The Morgan fingerprint density at radius 3 is 2.15 bits per heavy atom. The Hall–Kier alpha value is -4.76. The molecule has 1 aliphatic heterocycles. The van der Waals surface area contributed by atoms with Crippen molar-refractivity contribution < 1.29 is 19.4 Å². The summed E-state index contributed by atoms with van der Waals surface area (Å²) in [7, 11) is 0. The first-order chi connectivity index (χ1) is 23.1. The largest absolute Gasteiger partial charge is 0.494 e. The van der Waals surface area contributed by atoms with Gasteiger partial charge in [0.1, 0.15) is 5.75 Å². The fourth-order valence-electron chi connectivity index (χ4n) is 5.63. The third-order valence-corrected chi connectivity index (χ3v) is 8.88. The highest BCUT2D eigenvalue weighted by Crippen LogP contribution is 2.43. The van der Waals surface area contributed by atoms with Crippen molar-refractivity contribution in [3.05, 3.63) is 160 Å². The van der Waals surface area contributed by atoms with Gasteiger partial charge in [-0.25, -0.2) is 10.4 Å². The maximum absolute atomic E-state index is 14.5. The molecule has 6 rings (SSSR count). The van der Waals surface area contributed by atoms with Crippen LogP contribution in [-0.2, 0) is 22.5 Å². The Labute approximate surface area is 283 Å². The predicted octanol–water partition coefficient (Wildman–Crippen LogP) is 7.20. The van der Waals surface area contributed by atoms with Crippen molar-refractivity contribution in [3.63, 3.8) is 0 Å². The fourth-order valence-corrected chi connectivity index (χ4v) is 6.05. The lowest BCUT2D eigenvalue weighted by Gasteiger charge is -2.31. The van der Waals surface area contributed by atoms with E-state index < -0.39 is 11.6 Å². The maximum Gasteiger partial charge on any atom is 0.266 e. The second-order valence-corrected chi connectivity index (χ2v) is 12.2. The first-order valence-electron chi connectivity index (χ1n) is 15.6. The van der Waals surface area contributed by atoms with Gasteiger partial charge in [0.2, 0.25) is 5.90 Å². The number of nitrogens with one attached hydrogen (secondary N) is 2. The topological polar surface area (TPSA) is 92.2 Å². The number of benzene rings is 5. The highest BCUT2D eigenvalue weighted by molar-refractivity contribution is 9.10. The summed E-state index contributed by atoms with van der Waals surface area (Å²) in [6.07, 6.45) is 0.103. The summed E-state index contributed by atoms with van der Waals surface area (Å²) in [5, 5.41) is 9.10. The molecule has 1 amide bonds. The number of hydrogen-bond acceptors (Lipinski definition) is 6. The number of aliphatic imine (C=N–C) groups is 1. The number of rotatable bonds is 13. The number of nitrogens with zero attached hydrogens (tertiary/aromatic N) is 1. The second-order valence-electron chi connectivity index (χ2n) is 11.3. The van der Waals surface area contributed by atoms with E-state index in [0.29, 0.717) is 31.2 Å². The first-order valence-corrected chi connectivity index (χ1v) is 16.4. The van der Waals surface area contributed by atoms with E-state index in [0.717, 1.165) is 37.9 Å². The van der Waals surface area contributed by atoms with Crippen molar-refractivity contribution in [1.82, 2.24) is 10.9 Å². The number of carbonyl (C=O) groups is 1. The molecule has 5 aromatic carbocycles. The van der Waals surface area contributed by atoms with Crippen LogP contribution in [-0.4, -0.2) is 35.7 Å². The highest BCUT2D eigenvalue weighted by Gasteiger charge is 2.53. The van der Waals surface area contributed by atoms with Gasteiger partial charge >= 0.3 is 0 Å². The summed E-state index contributed by atoms with van der Waals surface area (Å²) >= 11 is 3.70. The number of aliphatic hydroxyl groups is 1. The molecule has 0 radical (unpaired) electrons. The number of amides is 1. The van der Waals surface area contributed by atoms with E-state index in [4.69, 9.17) is 19.6 Å². The lowest BCUT2D eigenvalue weighted by Crippen LogP contribution is -2.53. The molecule has 0 aromatic heterocycles. The van der Waals surface area contributed by atoms with Crippen molar-refractivity contribution in [1.29, 1.82) is 0 Å². The molecule has 3 N–H and O–H groups in total. The average molecular weight is 691 g/mol. The lowest BCUT2D eigenvalue weighted by atomic mass is 9.82. The van der Waals surface area contributed by atoms with E-state index in [-0.39, 0.29) is 18.9 Å². The summed E-state index contributed by atoms with van der Waals surface area (Å²) in [4.78, 5) is 19.6. The molecule has 47 heavy (non-hydrogen) atoms. The normalized spacial score (nSPS) is 17.1. The standard InChI is InChI=1S/C39H36BrN3O4/c40-35-15-8-7-14-33(35)26-39(38(45)43-41-27-28-10-3-1-4-11-28)36(31-18-16-30(17-19-31)29-12-5-2-6-13-29)47-37(42-39)32-20-22-34(23-21-32)46-25-9-24-44/h1-8,10-23,36,41,44H,9,24-27H2,(H,43,45)/t36-,39-/m0/s1. The molecule has 0 saturated heterocycles. The van der Waals surface area contributed by atoms with Gasteiger partial charge < -0.3 is 14.6 Å². The summed E-state index contributed by atoms with van der Waals surface area (Å²) in [6, 6.07) is 43.5. The molecule has 7 nitrogen and oxygen atoms in total. The van der Waals surface area contributed by atoms with Crippen LogP contribution >= 0.6 is 15.9 Å². The molecule has 238 valence electrons. The number of carbonyl (C=O) groups excluding carboxylic acids is 1. The average Bonchev–Trinajstić information content (AvgIpc) is 3.51. The molecule has 0 saturated carbocycles. The van der Waals surface area contributed by atoms with Gasteiger partial charge in [-0.3, -0.25) is 10.2 Å². The van der Waals surface area contributed by atoms with Crippen LogP contribution < -0.4 is 15.6 Å². The van der Waals surface area contributed by atoms with E-state index in [1.807, 2.05) is 109 Å². The van der Waals surface area contributed by atoms with E-state index in [1.165, 1.54) is 0 Å². The minimum absolute atomic E-state index is 0.0678. The zero-order valence-corrected chi connectivity index (χ0v) is 27.4. The van der Waals surface area contributed by atoms with Gasteiger partial charge in [-0.1, -0.05) is 119 Å². The molecule has 0 aliphatic carbocycles. The highest BCUT2D eigenvalue weighted by atomic mass is 79.9.